The van der Waals surface area contributed by atoms with Crippen LogP contribution in [0.25, 0.3) is 11.1 Å². The normalized spacial score (nSPS) is 10.5. The van der Waals surface area contributed by atoms with Crippen molar-refractivity contribution < 1.29 is 5.11 Å². The van der Waals surface area contributed by atoms with E-state index in [1.807, 2.05) is 36.5 Å². The second-order valence-electron chi connectivity index (χ2n) is 3.28. The predicted molar refractivity (Wildman–Crippen MR) is 59.2 cm³/mol. The highest BCUT2D eigenvalue weighted by atomic mass is 16.3. The number of rotatable bonds is 3. The summed E-state index contributed by atoms with van der Waals surface area (Å²) < 4.78 is 1.65. The summed E-state index contributed by atoms with van der Waals surface area (Å²) in [4.78, 5) is 0. The number of benzene rings is 1. The van der Waals surface area contributed by atoms with E-state index in [2.05, 4.69) is 5.10 Å². The second kappa shape index (κ2) is 4.14. The Morgan fingerprint density at radius 2 is 2.00 bits per heavy atom. The molecule has 1 aromatic carbocycles. The molecule has 0 radical (unpaired) electrons. The molecule has 0 aliphatic rings. The van der Waals surface area contributed by atoms with Crippen molar-refractivity contribution in [1.82, 2.24) is 9.78 Å². The first kappa shape index (κ1) is 9.73. The standard InChI is InChI=1S/C11H13N3O/c12-11-10(8-14(13-11)6-7-15)9-4-2-1-3-5-9/h1-5,8,15H,6-7H2,(H2,12,13). The smallest absolute Gasteiger partial charge is 0.153 e. The van der Waals surface area contributed by atoms with Crippen LogP contribution in [0, 0.1) is 0 Å². The molecule has 1 heterocycles. The Kier molecular flexibility index (Phi) is 2.69. The van der Waals surface area contributed by atoms with Gasteiger partial charge in [0.05, 0.1) is 13.2 Å². The molecule has 2 aromatic rings. The molecule has 15 heavy (non-hydrogen) atoms. The first-order valence-electron chi connectivity index (χ1n) is 4.80. The molecule has 0 atom stereocenters. The number of anilines is 1. The van der Waals surface area contributed by atoms with Gasteiger partial charge < -0.3 is 10.8 Å². The summed E-state index contributed by atoms with van der Waals surface area (Å²) in [5.74, 6) is 0.495. The van der Waals surface area contributed by atoms with Crippen LogP contribution in [0.2, 0.25) is 0 Å². The molecule has 0 amide bonds. The largest absolute Gasteiger partial charge is 0.394 e. The SMILES string of the molecule is Nc1nn(CCO)cc1-c1ccccc1. The number of aromatic nitrogens is 2. The van der Waals surface area contributed by atoms with E-state index in [1.165, 1.54) is 0 Å². The predicted octanol–water partition coefficient (Wildman–Crippen LogP) is 1.12. The third kappa shape index (κ3) is 1.99. The van der Waals surface area contributed by atoms with Crippen molar-refractivity contribution in [3.8, 4) is 11.1 Å². The van der Waals surface area contributed by atoms with E-state index < -0.39 is 0 Å². The highest BCUT2D eigenvalue weighted by molar-refractivity contribution is 5.72. The van der Waals surface area contributed by atoms with Gasteiger partial charge in [-0.1, -0.05) is 30.3 Å². The van der Waals surface area contributed by atoms with Gasteiger partial charge in [-0.2, -0.15) is 5.10 Å². The molecule has 4 nitrogen and oxygen atoms in total. The van der Waals surface area contributed by atoms with Crippen molar-refractivity contribution in [3.05, 3.63) is 36.5 Å². The van der Waals surface area contributed by atoms with E-state index in [9.17, 15) is 0 Å². The van der Waals surface area contributed by atoms with Gasteiger partial charge in [-0.05, 0) is 5.56 Å². The van der Waals surface area contributed by atoms with E-state index in [0.717, 1.165) is 11.1 Å². The number of aliphatic hydroxyl groups is 1. The monoisotopic (exact) mass is 203 g/mol. The highest BCUT2D eigenvalue weighted by Crippen LogP contribution is 2.23. The zero-order valence-electron chi connectivity index (χ0n) is 8.30. The molecule has 78 valence electrons. The van der Waals surface area contributed by atoms with Crippen LogP contribution in [-0.4, -0.2) is 21.5 Å². The van der Waals surface area contributed by atoms with Crippen LogP contribution < -0.4 is 5.73 Å². The lowest BCUT2D eigenvalue weighted by Crippen LogP contribution is -2.02. The molecule has 0 spiro atoms. The number of nitrogens with two attached hydrogens (primary N) is 1. The average Bonchev–Trinajstić information content (AvgIpc) is 2.61. The fourth-order valence-corrected chi connectivity index (χ4v) is 1.49. The third-order valence-electron chi connectivity index (χ3n) is 2.20. The van der Waals surface area contributed by atoms with Gasteiger partial charge in [-0.25, -0.2) is 0 Å². The van der Waals surface area contributed by atoms with Crippen LogP contribution in [0.5, 0.6) is 0 Å². The topological polar surface area (TPSA) is 64.1 Å². The van der Waals surface area contributed by atoms with E-state index >= 15 is 0 Å². The first-order valence-corrected chi connectivity index (χ1v) is 4.80. The molecule has 2 rings (SSSR count). The minimum atomic E-state index is 0.0648. The van der Waals surface area contributed by atoms with E-state index in [1.54, 1.807) is 4.68 Å². The van der Waals surface area contributed by atoms with Gasteiger partial charge in [0.25, 0.3) is 0 Å². The first-order chi connectivity index (χ1) is 7.31. The van der Waals surface area contributed by atoms with Gasteiger partial charge >= 0.3 is 0 Å². The van der Waals surface area contributed by atoms with E-state index in [-0.39, 0.29) is 6.61 Å². The lowest BCUT2D eigenvalue weighted by atomic mass is 10.1. The van der Waals surface area contributed by atoms with Gasteiger partial charge in [0.2, 0.25) is 0 Å². The Morgan fingerprint density at radius 3 is 2.67 bits per heavy atom. The highest BCUT2D eigenvalue weighted by Gasteiger charge is 2.06. The molecule has 1 aromatic heterocycles. The van der Waals surface area contributed by atoms with Crippen LogP contribution in [0.15, 0.2) is 36.5 Å². The quantitative estimate of drug-likeness (QED) is 0.785. The molecule has 0 unspecified atom stereocenters. The Bertz CT molecular complexity index is 436. The van der Waals surface area contributed by atoms with Crippen molar-refractivity contribution in [1.29, 1.82) is 0 Å². The maximum Gasteiger partial charge on any atom is 0.153 e. The van der Waals surface area contributed by atoms with Gasteiger partial charge in [0, 0.05) is 11.8 Å². The zero-order valence-corrected chi connectivity index (χ0v) is 8.30. The van der Waals surface area contributed by atoms with Crippen molar-refractivity contribution in [2.24, 2.45) is 0 Å². The molecule has 0 saturated heterocycles. The summed E-state index contributed by atoms with van der Waals surface area (Å²) in [5.41, 5.74) is 7.74. The van der Waals surface area contributed by atoms with Gasteiger partial charge in [-0.3, -0.25) is 4.68 Å². The van der Waals surface area contributed by atoms with Gasteiger partial charge in [-0.15, -0.1) is 0 Å². The van der Waals surface area contributed by atoms with Crippen molar-refractivity contribution >= 4 is 5.82 Å². The zero-order chi connectivity index (χ0) is 10.7. The van der Waals surface area contributed by atoms with Crippen molar-refractivity contribution in [2.45, 2.75) is 6.54 Å². The summed E-state index contributed by atoms with van der Waals surface area (Å²) in [7, 11) is 0. The Labute approximate surface area is 88.0 Å². The van der Waals surface area contributed by atoms with Crippen LogP contribution in [0.3, 0.4) is 0 Å². The lowest BCUT2D eigenvalue weighted by Gasteiger charge is -1.96. The third-order valence-corrected chi connectivity index (χ3v) is 2.20. The second-order valence-corrected chi connectivity index (χ2v) is 3.28. The summed E-state index contributed by atoms with van der Waals surface area (Å²) in [6.07, 6.45) is 1.85. The Morgan fingerprint density at radius 1 is 1.27 bits per heavy atom. The molecule has 0 bridgehead atoms. The minimum absolute atomic E-state index is 0.0648. The van der Waals surface area contributed by atoms with Crippen LogP contribution >= 0.6 is 0 Å². The number of hydrogen-bond acceptors (Lipinski definition) is 3. The number of nitrogen functional groups attached to an aromatic ring is 1. The maximum atomic E-state index is 8.79. The van der Waals surface area contributed by atoms with Crippen molar-refractivity contribution in [2.75, 3.05) is 12.3 Å². The lowest BCUT2D eigenvalue weighted by molar-refractivity contribution is 0.269. The fraction of sp³-hybridized carbons (Fsp3) is 0.182. The molecular formula is C11H13N3O. The average molecular weight is 203 g/mol. The van der Waals surface area contributed by atoms with Crippen LogP contribution in [0.1, 0.15) is 0 Å². The number of hydrogen-bond donors (Lipinski definition) is 2. The van der Waals surface area contributed by atoms with Crippen LogP contribution in [0.4, 0.5) is 5.82 Å². The Balaban J connectivity index is 2.36. The Hall–Kier alpha value is -1.81. The molecular weight excluding hydrogens is 190 g/mol. The molecule has 0 aliphatic carbocycles. The molecule has 0 fully saturated rings. The summed E-state index contributed by atoms with van der Waals surface area (Å²) >= 11 is 0. The minimum Gasteiger partial charge on any atom is -0.394 e. The summed E-state index contributed by atoms with van der Waals surface area (Å²) in [5, 5.41) is 12.9. The number of aliphatic hydroxyl groups excluding tert-OH is 1. The van der Waals surface area contributed by atoms with E-state index in [4.69, 9.17) is 10.8 Å². The molecule has 3 N–H and O–H groups in total. The summed E-state index contributed by atoms with van der Waals surface area (Å²) in [6.45, 7) is 0.534. The summed E-state index contributed by atoms with van der Waals surface area (Å²) in [6, 6.07) is 9.83. The molecule has 0 aliphatic heterocycles. The van der Waals surface area contributed by atoms with Gasteiger partial charge in [0.1, 0.15) is 0 Å². The van der Waals surface area contributed by atoms with E-state index in [0.29, 0.717) is 12.4 Å². The van der Waals surface area contributed by atoms with Crippen LogP contribution in [-0.2, 0) is 6.54 Å². The maximum absolute atomic E-state index is 8.79. The van der Waals surface area contributed by atoms with Crippen molar-refractivity contribution in [3.63, 3.8) is 0 Å². The van der Waals surface area contributed by atoms with Gasteiger partial charge in [0.15, 0.2) is 5.82 Å². The molecule has 4 heteroatoms. The number of nitrogens with zero attached hydrogens (tertiary/aromatic N) is 2. The molecule has 0 saturated carbocycles. The fourth-order valence-electron chi connectivity index (χ4n) is 1.49.